The van der Waals surface area contributed by atoms with Crippen molar-refractivity contribution in [1.82, 2.24) is 10.6 Å². The third-order valence-corrected chi connectivity index (χ3v) is 3.14. The molecule has 4 heteroatoms. The van der Waals surface area contributed by atoms with Crippen LogP contribution >= 0.6 is 0 Å². The van der Waals surface area contributed by atoms with Crippen molar-refractivity contribution in [2.45, 2.75) is 45.3 Å². The number of ether oxygens (including phenoxy) is 1. The summed E-state index contributed by atoms with van der Waals surface area (Å²) in [5.41, 5.74) is 0.0342. The molecular formula is C11H22N2O2. The van der Waals surface area contributed by atoms with E-state index < -0.39 is 0 Å². The average Bonchev–Trinajstić information content (AvgIpc) is 2.48. The van der Waals surface area contributed by atoms with Crippen LogP contribution in [0.3, 0.4) is 0 Å². The number of hydrogen-bond acceptors (Lipinski definition) is 3. The molecule has 0 aromatic rings. The zero-order valence-corrected chi connectivity index (χ0v) is 9.93. The van der Waals surface area contributed by atoms with E-state index in [-0.39, 0.29) is 17.6 Å². The maximum atomic E-state index is 11.2. The molecule has 0 aromatic heterocycles. The molecular weight excluding hydrogens is 192 g/mol. The lowest BCUT2D eigenvalue weighted by Crippen LogP contribution is -2.48. The van der Waals surface area contributed by atoms with Gasteiger partial charge >= 0.3 is 0 Å². The third-order valence-electron chi connectivity index (χ3n) is 3.14. The van der Waals surface area contributed by atoms with E-state index in [1.807, 2.05) is 6.92 Å². The van der Waals surface area contributed by atoms with Crippen LogP contribution in [0.4, 0.5) is 0 Å². The molecule has 0 saturated carbocycles. The summed E-state index contributed by atoms with van der Waals surface area (Å²) in [6.45, 7) is 8.39. The highest BCUT2D eigenvalue weighted by molar-refractivity contribution is 5.75. The van der Waals surface area contributed by atoms with Crippen molar-refractivity contribution in [2.75, 3.05) is 19.7 Å². The fourth-order valence-corrected chi connectivity index (χ4v) is 1.81. The largest absolute Gasteiger partial charge is 0.377 e. The molecule has 0 aromatic carbocycles. The second-order valence-electron chi connectivity index (χ2n) is 4.31. The molecule has 15 heavy (non-hydrogen) atoms. The van der Waals surface area contributed by atoms with Gasteiger partial charge in [-0.05, 0) is 27.2 Å². The van der Waals surface area contributed by atoms with Crippen LogP contribution < -0.4 is 10.6 Å². The Hall–Kier alpha value is -0.610. The number of carbonyl (C=O) groups is 1. The lowest BCUT2D eigenvalue weighted by molar-refractivity contribution is -0.120. The Morgan fingerprint density at radius 2 is 2.33 bits per heavy atom. The number of nitrogens with one attached hydrogen (secondary N) is 2. The van der Waals surface area contributed by atoms with Gasteiger partial charge in [-0.2, -0.15) is 0 Å². The third kappa shape index (κ3) is 3.47. The van der Waals surface area contributed by atoms with Crippen LogP contribution in [0.2, 0.25) is 0 Å². The lowest BCUT2D eigenvalue weighted by Gasteiger charge is -2.28. The molecule has 0 spiro atoms. The Balaban J connectivity index is 2.22. The van der Waals surface area contributed by atoms with Crippen molar-refractivity contribution in [3.63, 3.8) is 0 Å². The first-order valence-corrected chi connectivity index (χ1v) is 5.72. The summed E-state index contributed by atoms with van der Waals surface area (Å²) < 4.78 is 5.51. The molecule has 1 heterocycles. The van der Waals surface area contributed by atoms with Crippen molar-refractivity contribution in [1.29, 1.82) is 0 Å². The van der Waals surface area contributed by atoms with E-state index in [1.165, 1.54) is 0 Å². The molecule has 0 radical (unpaired) electrons. The van der Waals surface area contributed by atoms with Gasteiger partial charge in [-0.25, -0.2) is 0 Å². The van der Waals surface area contributed by atoms with Crippen molar-refractivity contribution in [3.05, 3.63) is 0 Å². The normalized spacial score (nSPS) is 30.5. The van der Waals surface area contributed by atoms with Gasteiger partial charge in [0.2, 0.25) is 5.91 Å². The Morgan fingerprint density at radius 1 is 1.60 bits per heavy atom. The summed E-state index contributed by atoms with van der Waals surface area (Å²) >= 11 is 0. The van der Waals surface area contributed by atoms with E-state index in [4.69, 9.17) is 4.74 Å². The first-order valence-electron chi connectivity index (χ1n) is 5.72. The molecule has 1 rings (SSSR count). The van der Waals surface area contributed by atoms with Gasteiger partial charge in [0.1, 0.15) is 0 Å². The molecule has 1 saturated heterocycles. The van der Waals surface area contributed by atoms with Crippen LogP contribution in [0.5, 0.6) is 0 Å². The quantitative estimate of drug-likeness (QED) is 0.707. The minimum Gasteiger partial charge on any atom is -0.377 e. The minimum atomic E-state index is 0.0342. The summed E-state index contributed by atoms with van der Waals surface area (Å²) in [6.07, 6.45) is 1.78. The molecule has 1 fully saturated rings. The summed E-state index contributed by atoms with van der Waals surface area (Å²) in [7, 11) is 0. The average molecular weight is 214 g/mol. The summed E-state index contributed by atoms with van der Waals surface area (Å²) in [5.74, 6) is 0.111. The predicted molar refractivity (Wildman–Crippen MR) is 59.7 cm³/mol. The molecule has 2 unspecified atom stereocenters. The number of carbonyl (C=O) groups excluding carboxylic acids is 1. The molecule has 4 nitrogen and oxygen atoms in total. The summed E-state index contributed by atoms with van der Waals surface area (Å²) in [4.78, 5) is 11.2. The van der Waals surface area contributed by atoms with Gasteiger partial charge in [0.25, 0.3) is 0 Å². The molecule has 1 aliphatic rings. The fourth-order valence-electron chi connectivity index (χ4n) is 1.81. The van der Waals surface area contributed by atoms with Gasteiger partial charge in [-0.15, -0.1) is 0 Å². The van der Waals surface area contributed by atoms with E-state index in [2.05, 4.69) is 24.5 Å². The topological polar surface area (TPSA) is 50.4 Å². The highest BCUT2D eigenvalue weighted by Gasteiger charge is 2.36. The Morgan fingerprint density at radius 3 is 2.87 bits per heavy atom. The second kappa shape index (κ2) is 5.47. The lowest BCUT2D eigenvalue weighted by atomic mass is 9.94. The molecule has 0 aliphatic carbocycles. The monoisotopic (exact) mass is 214 g/mol. The van der Waals surface area contributed by atoms with Crippen LogP contribution in [0.25, 0.3) is 0 Å². The maximum absolute atomic E-state index is 11.2. The number of amides is 1. The standard InChI is InChI=1S/C11H22N2O2/c1-4-12-10(14)5-7-13-11(3)6-8-15-9(11)2/h9,13H,4-8H2,1-3H3,(H,12,14). The zero-order chi connectivity index (χ0) is 11.3. The summed E-state index contributed by atoms with van der Waals surface area (Å²) in [6, 6.07) is 0. The Kier molecular flexibility index (Phi) is 4.54. The van der Waals surface area contributed by atoms with Gasteiger partial charge in [0.05, 0.1) is 6.10 Å². The molecule has 0 bridgehead atoms. The van der Waals surface area contributed by atoms with Gasteiger partial charge in [-0.3, -0.25) is 4.79 Å². The van der Waals surface area contributed by atoms with E-state index in [0.29, 0.717) is 13.0 Å². The molecule has 2 N–H and O–H groups in total. The number of hydrogen-bond donors (Lipinski definition) is 2. The van der Waals surface area contributed by atoms with Crippen molar-refractivity contribution in [3.8, 4) is 0 Å². The van der Waals surface area contributed by atoms with E-state index >= 15 is 0 Å². The first kappa shape index (κ1) is 12.5. The van der Waals surface area contributed by atoms with Gasteiger partial charge in [0.15, 0.2) is 0 Å². The van der Waals surface area contributed by atoms with Crippen LogP contribution in [0, 0.1) is 0 Å². The van der Waals surface area contributed by atoms with Crippen molar-refractivity contribution >= 4 is 5.91 Å². The SMILES string of the molecule is CCNC(=O)CCNC1(C)CCOC1C. The molecule has 1 aliphatic heterocycles. The highest BCUT2D eigenvalue weighted by atomic mass is 16.5. The van der Waals surface area contributed by atoms with E-state index in [1.54, 1.807) is 0 Å². The second-order valence-corrected chi connectivity index (χ2v) is 4.31. The van der Waals surface area contributed by atoms with Gasteiger partial charge in [0, 0.05) is 31.7 Å². The Bertz CT molecular complexity index is 221. The van der Waals surface area contributed by atoms with Crippen LogP contribution in [-0.2, 0) is 9.53 Å². The minimum absolute atomic E-state index is 0.0342. The van der Waals surface area contributed by atoms with E-state index in [0.717, 1.165) is 19.6 Å². The zero-order valence-electron chi connectivity index (χ0n) is 9.93. The van der Waals surface area contributed by atoms with Crippen LogP contribution in [0.1, 0.15) is 33.6 Å². The summed E-state index contributed by atoms with van der Waals surface area (Å²) in [5, 5.41) is 6.20. The van der Waals surface area contributed by atoms with Crippen molar-refractivity contribution in [2.24, 2.45) is 0 Å². The van der Waals surface area contributed by atoms with Crippen molar-refractivity contribution < 1.29 is 9.53 Å². The van der Waals surface area contributed by atoms with Gasteiger partial charge < -0.3 is 15.4 Å². The van der Waals surface area contributed by atoms with Crippen LogP contribution in [-0.4, -0.2) is 37.2 Å². The first-order chi connectivity index (χ1) is 7.08. The van der Waals surface area contributed by atoms with Gasteiger partial charge in [-0.1, -0.05) is 0 Å². The van der Waals surface area contributed by atoms with Crippen LogP contribution in [0.15, 0.2) is 0 Å². The van der Waals surface area contributed by atoms with E-state index in [9.17, 15) is 4.79 Å². The number of rotatable bonds is 5. The molecule has 1 amide bonds. The maximum Gasteiger partial charge on any atom is 0.221 e. The smallest absolute Gasteiger partial charge is 0.221 e. The Labute approximate surface area is 91.8 Å². The predicted octanol–water partition coefficient (Wildman–Crippen LogP) is 0.670. The fraction of sp³-hybridized carbons (Fsp3) is 0.909. The highest BCUT2D eigenvalue weighted by Crippen LogP contribution is 2.24. The molecule has 88 valence electrons. The molecule has 2 atom stereocenters.